The maximum Gasteiger partial charge on any atom is 0.146 e. The average Bonchev–Trinajstić information content (AvgIpc) is 2.60. The zero-order chi connectivity index (χ0) is 23.9. The molecule has 1 heterocycles. The van der Waals surface area contributed by atoms with Gasteiger partial charge in [-0.2, -0.15) is 9.98 Å². The van der Waals surface area contributed by atoms with E-state index in [0.717, 1.165) is 22.9 Å². The van der Waals surface area contributed by atoms with Gasteiger partial charge in [0.2, 0.25) is 0 Å². The molecule has 1 aliphatic rings. The van der Waals surface area contributed by atoms with Crippen LogP contribution >= 0.6 is 0 Å². The highest BCUT2D eigenvalue weighted by atomic mass is 16.5. The van der Waals surface area contributed by atoms with Gasteiger partial charge in [0, 0.05) is 6.42 Å². The predicted octanol–water partition coefficient (Wildman–Crippen LogP) is 8.14. The molecule has 0 atom stereocenters. The largest absolute Gasteiger partial charge is 0.485 e. The number of benzene rings is 2. The summed E-state index contributed by atoms with van der Waals surface area (Å²) in [5.74, 6) is 1.46. The minimum Gasteiger partial charge on any atom is -0.485 e. The summed E-state index contributed by atoms with van der Waals surface area (Å²) in [6.07, 6.45) is 0.689. The van der Waals surface area contributed by atoms with E-state index < -0.39 is 11.2 Å². The van der Waals surface area contributed by atoms with Gasteiger partial charge in [-0.1, -0.05) is 53.7 Å². The van der Waals surface area contributed by atoms with Crippen molar-refractivity contribution < 1.29 is 9.47 Å². The van der Waals surface area contributed by atoms with Crippen molar-refractivity contribution in [3.63, 3.8) is 0 Å². The summed E-state index contributed by atoms with van der Waals surface area (Å²) in [4.78, 5) is 9.18. The first-order valence-electron chi connectivity index (χ1n) is 11.4. The second-order valence-corrected chi connectivity index (χ2v) is 12.1. The number of hydrogen-bond acceptors (Lipinski definition) is 4. The zero-order valence-corrected chi connectivity index (χ0v) is 21.4. The molecule has 1 aliphatic heterocycles. The van der Waals surface area contributed by atoms with Crippen LogP contribution in [-0.4, -0.2) is 17.2 Å². The number of hydrogen-bond donors (Lipinski definition) is 0. The molecule has 2 aromatic rings. The van der Waals surface area contributed by atoms with Crippen molar-refractivity contribution in [3.05, 3.63) is 47.5 Å². The lowest BCUT2D eigenvalue weighted by Crippen LogP contribution is -2.41. The number of ether oxygens (including phenoxy) is 2. The van der Waals surface area contributed by atoms with Gasteiger partial charge in [0.05, 0.1) is 0 Å². The maximum absolute atomic E-state index is 6.46. The summed E-state index contributed by atoms with van der Waals surface area (Å²) in [5.41, 5.74) is 2.95. The molecule has 0 aromatic heterocycles. The van der Waals surface area contributed by atoms with E-state index in [4.69, 9.17) is 9.47 Å². The summed E-state index contributed by atoms with van der Waals surface area (Å²) in [6.45, 7) is 21.5. The highest BCUT2D eigenvalue weighted by Gasteiger charge is 2.34. The van der Waals surface area contributed by atoms with E-state index in [-0.39, 0.29) is 10.8 Å². The SMILES string of the molecule is CC1(C)CC(C)(C)Oc2ccc(C(C)(C)C)cc2N=C=Nc2cc(C(C)(C)C)ccc2O1. The molecule has 0 saturated carbocycles. The van der Waals surface area contributed by atoms with Crippen molar-refractivity contribution in [3.8, 4) is 11.5 Å². The van der Waals surface area contributed by atoms with Crippen LogP contribution in [0.3, 0.4) is 0 Å². The van der Waals surface area contributed by atoms with Crippen LogP contribution in [0.2, 0.25) is 0 Å². The first-order chi connectivity index (χ1) is 14.6. The Bertz CT molecular complexity index is 978. The molecule has 4 nitrogen and oxygen atoms in total. The monoisotopic (exact) mass is 434 g/mol. The van der Waals surface area contributed by atoms with Crippen LogP contribution in [0.25, 0.3) is 0 Å². The average molecular weight is 435 g/mol. The summed E-state index contributed by atoms with van der Waals surface area (Å²) in [5, 5.41) is 0. The quantitative estimate of drug-likeness (QED) is 0.420. The molecule has 0 bridgehead atoms. The number of fused-ring (bicyclic) bond motifs is 2. The number of rotatable bonds is 0. The van der Waals surface area contributed by atoms with E-state index in [9.17, 15) is 0 Å². The normalized spacial score (nSPS) is 17.8. The van der Waals surface area contributed by atoms with Crippen molar-refractivity contribution in [1.29, 1.82) is 0 Å². The molecule has 0 amide bonds. The van der Waals surface area contributed by atoms with E-state index in [1.165, 1.54) is 11.1 Å². The molecule has 172 valence electrons. The zero-order valence-electron chi connectivity index (χ0n) is 21.4. The van der Waals surface area contributed by atoms with Gasteiger partial charge < -0.3 is 9.47 Å². The van der Waals surface area contributed by atoms with E-state index in [1.54, 1.807) is 0 Å². The first-order valence-corrected chi connectivity index (χ1v) is 11.4. The highest BCUT2D eigenvalue weighted by molar-refractivity contribution is 5.66. The molecule has 0 saturated heterocycles. The molecule has 32 heavy (non-hydrogen) atoms. The number of aliphatic imine (C=N–C) groups is 2. The van der Waals surface area contributed by atoms with E-state index in [1.807, 2.05) is 12.1 Å². The molecule has 0 unspecified atom stereocenters. The second kappa shape index (κ2) is 8.08. The maximum atomic E-state index is 6.46. The second-order valence-electron chi connectivity index (χ2n) is 12.1. The lowest BCUT2D eigenvalue weighted by molar-refractivity contribution is 0.00558. The Morgan fingerprint density at radius 1 is 0.688 bits per heavy atom. The van der Waals surface area contributed by atoms with Crippen molar-refractivity contribution in [2.75, 3.05) is 0 Å². The Morgan fingerprint density at radius 2 is 1.06 bits per heavy atom. The van der Waals surface area contributed by atoms with Gasteiger partial charge in [0.25, 0.3) is 0 Å². The summed E-state index contributed by atoms with van der Waals surface area (Å²) >= 11 is 0. The fourth-order valence-electron chi connectivity index (χ4n) is 4.14. The summed E-state index contributed by atoms with van der Waals surface area (Å²) in [7, 11) is 0. The standard InChI is InChI=1S/C28H38N2O2/c1-25(2,3)19-11-13-23-21(15-19)29-18-30-22-16-20(26(4,5)6)12-14-24(22)32-28(9,10)17-27(7,8)31-23/h11-16H,17H2,1-10H3. The van der Waals surface area contributed by atoms with E-state index in [0.29, 0.717) is 6.42 Å². The molecular weight excluding hydrogens is 396 g/mol. The van der Waals surface area contributed by atoms with Gasteiger partial charge >= 0.3 is 0 Å². The Balaban J connectivity index is 2.22. The Kier molecular flexibility index (Phi) is 6.08. The molecule has 0 radical (unpaired) electrons. The molecule has 0 aliphatic carbocycles. The van der Waals surface area contributed by atoms with Gasteiger partial charge in [0.1, 0.15) is 40.1 Å². The molecule has 4 heteroatoms. The van der Waals surface area contributed by atoms with Gasteiger partial charge in [-0.05, 0) is 73.9 Å². The van der Waals surface area contributed by atoms with Crippen molar-refractivity contribution in [2.24, 2.45) is 9.98 Å². The minimum atomic E-state index is -0.459. The van der Waals surface area contributed by atoms with Crippen LogP contribution in [-0.2, 0) is 10.8 Å². The topological polar surface area (TPSA) is 43.2 Å². The summed E-state index contributed by atoms with van der Waals surface area (Å²) in [6, 6.07) is 15.3. The molecule has 0 fully saturated rings. The van der Waals surface area contributed by atoms with Gasteiger partial charge in [0.15, 0.2) is 0 Å². The smallest absolute Gasteiger partial charge is 0.146 e. The lowest BCUT2D eigenvalue weighted by Gasteiger charge is -2.36. The van der Waals surface area contributed by atoms with E-state index in [2.05, 4.69) is 109 Å². The van der Waals surface area contributed by atoms with Gasteiger partial charge in [-0.3, -0.25) is 0 Å². The van der Waals surface area contributed by atoms with Crippen LogP contribution in [0.4, 0.5) is 11.4 Å². The lowest BCUT2D eigenvalue weighted by atomic mass is 9.86. The third-order valence-electron chi connectivity index (χ3n) is 5.61. The van der Waals surface area contributed by atoms with Crippen LogP contribution in [0.5, 0.6) is 11.5 Å². The van der Waals surface area contributed by atoms with Gasteiger partial charge in [-0.15, -0.1) is 0 Å². The Labute approximate surface area is 193 Å². The number of nitrogens with zero attached hydrogens (tertiary/aromatic N) is 2. The third-order valence-corrected chi connectivity index (χ3v) is 5.61. The van der Waals surface area contributed by atoms with Crippen molar-refractivity contribution >= 4 is 17.4 Å². The van der Waals surface area contributed by atoms with Crippen LogP contribution in [0.15, 0.2) is 46.4 Å². The van der Waals surface area contributed by atoms with Crippen LogP contribution < -0.4 is 9.47 Å². The van der Waals surface area contributed by atoms with Crippen LogP contribution in [0, 0.1) is 0 Å². The molecular formula is C28H38N2O2. The van der Waals surface area contributed by atoms with E-state index >= 15 is 0 Å². The van der Waals surface area contributed by atoms with Gasteiger partial charge in [-0.25, -0.2) is 0 Å². The molecule has 2 aromatic carbocycles. The molecule has 3 rings (SSSR count). The molecule has 0 N–H and O–H groups in total. The van der Waals surface area contributed by atoms with Crippen LogP contribution in [0.1, 0.15) is 86.8 Å². The Hall–Kier alpha value is -2.58. The summed E-state index contributed by atoms with van der Waals surface area (Å²) < 4.78 is 12.9. The Morgan fingerprint density at radius 3 is 1.41 bits per heavy atom. The highest BCUT2D eigenvalue weighted by Crippen LogP contribution is 2.40. The predicted molar refractivity (Wildman–Crippen MR) is 133 cm³/mol. The van der Waals surface area contributed by atoms with Crippen molar-refractivity contribution in [1.82, 2.24) is 0 Å². The fourth-order valence-corrected chi connectivity index (χ4v) is 4.14. The fraction of sp³-hybridized carbons (Fsp3) is 0.536. The minimum absolute atomic E-state index is 0.00490. The molecule has 0 spiro atoms. The third kappa shape index (κ3) is 5.81. The first kappa shape index (κ1) is 24.1. The van der Waals surface area contributed by atoms with Crippen molar-refractivity contribution in [2.45, 2.75) is 97.7 Å².